The van der Waals surface area contributed by atoms with Gasteiger partial charge in [-0.05, 0) is 30.5 Å². The van der Waals surface area contributed by atoms with Gasteiger partial charge in [-0.25, -0.2) is 0 Å². The van der Waals surface area contributed by atoms with Crippen molar-refractivity contribution in [1.82, 2.24) is 0 Å². The fourth-order valence-corrected chi connectivity index (χ4v) is 4.63. The molecule has 0 aliphatic heterocycles. The predicted octanol–water partition coefficient (Wildman–Crippen LogP) is 6.66. The van der Waals surface area contributed by atoms with Crippen LogP contribution in [0.1, 0.15) is 108 Å². The summed E-state index contributed by atoms with van der Waals surface area (Å²) in [6.45, 7) is 6.44. The summed E-state index contributed by atoms with van der Waals surface area (Å²) < 4.78 is 0. The molecule has 0 atom stereocenters. The molecule has 0 saturated carbocycles. The first-order chi connectivity index (χ1) is 17.9. The average molecular weight is 575 g/mol. The van der Waals surface area contributed by atoms with Crippen molar-refractivity contribution >= 4 is 17.2 Å². The highest BCUT2D eigenvalue weighted by Gasteiger charge is 2.30. The molecule has 218 valence electrons. The van der Waals surface area contributed by atoms with E-state index in [2.05, 4.69) is 26.8 Å². The number of phenols is 2. The van der Waals surface area contributed by atoms with Crippen LogP contribution in [0.4, 0.5) is 0 Å². The molecule has 0 unspecified atom stereocenters. The summed E-state index contributed by atoms with van der Waals surface area (Å²) in [6, 6.07) is 13.3. The number of phenolic OH excluding ortho intramolecular Hbond substituents is 2. The average Bonchev–Trinajstić information content (AvgIpc) is 2.82. The standard InChI is InChI=1S/C28H42O2.2H3O3P/c1-4-5-6-7-8-9-10-11-12-13-14-18-23-19-17-22-26(30)27(23)28(2,3)24-20-15-16-21-25(24)29;2*1-4(2)3/h15-17,19-22,29-30H,4-14,18H2,1-3H3;2*1-3H. The lowest BCUT2D eigenvalue weighted by Gasteiger charge is -2.30. The van der Waals surface area contributed by atoms with E-state index in [1.807, 2.05) is 24.3 Å². The van der Waals surface area contributed by atoms with Crippen LogP contribution in [0.25, 0.3) is 0 Å². The molecule has 0 amide bonds. The molecule has 0 aliphatic carbocycles. The second kappa shape index (κ2) is 21.5. The number of rotatable bonds is 14. The van der Waals surface area contributed by atoms with E-state index < -0.39 is 22.6 Å². The Labute approximate surface area is 230 Å². The Kier molecular flexibility index (Phi) is 20.7. The molecule has 2 aromatic rings. The van der Waals surface area contributed by atoms with Gasteiger partial charge in [-0.2, -0.15) is 0 Å². The van der Waals surface area contributed by atoms with Crippen LogP contribution >= 0.6 is 17.2 Å². The number of para-hydroxylation sites is 1. The Bertz CT molecular complexity index is 851. The van der Waals surface area contributed by atoms with Crippen LogP contribution in [0.5, 0.6) is 11.5 Å². The van der Waals surface area contributed by atoms with Crippen LogP contribution in [0.3, 0.4) is 0 Å². The summed E-state index contributed by atoms with van der Waals surface area (Å²) in [4.78, 5) is 43.4. The third-order valence-corrected chi connectivity index (χ3v) is 6.38. The van der Waals surface area contributed by atoms with E-state index in [-0.39, 0.29) is 5.75 Å². The van der Waals surface area contributed by atoms with Gasteiger partial charge in [0.15, 0.2) is 0 Å². The number of aromatic hydroxyl groups is 2. The molecule has 0 bridgehead atoms. The van der Waals surface area contributed by atoms with Crippen LogP contribution in [-0.2, 0) is 11.8 Å². The van der Waals surface area contributed by atoms with E-state index in [1.165, 1.54) is 69.8 Å². The van der Waals surface area contributed by atoms with Gasteiger partial charge in [-0.15, -0.1) is 0 Å². The van der Waals surface area contributed by atoms with Crippen LogP contribution in [0, 0.1) is 0 Å². The molecule has 0 radical (unpaired) electrons. The Morgan fingerprint density at radius 2 is 1.00 bits per heavy atom. The minimum atomic E-state index is -2.62. The summed E-state index contributed by atoms with van der Waals surface area (Å²) in [7, 11) is -5.24. The fraction of sp³-hybridized carbons (Fsp3) is 0.571. The topological polar surface area (TPSA) is 162 Å². The van der Waals surface area contributed by atoms with Gasteiger partial charge in [0.1, 0.15) is 11.5 Å². The Morgan fingerprint density at radius 1 is 0.579 bits per heavy atom. The van der Waals surface area contributed by atoms with Crippen molar-refractivity contribution in [3.8, 4) is 11.5 Å². The zero-order chi connectivity index (χ0) is 29.0. The maximum absolute atomic E-state index is 10.7. The van der Waals surface area contributed by atoms with Crippen LogP contribution in [0.15, 0.2) is 42.5 Å². The molecule has 0 saturated heterocycles. The molecule has 0 spiro atoms. The first-order valence-electron chi connectivity index (χ1n) is 13.3. The molecular formula is C28H48O8P2. The monoisotopic (exact) mass is 574 g/mol. The number of hydrogen-bond donors (Lipinski definition) is 8. The zero-order valence-electron chi connectivity index (χ0n) is 23.0. The van der Waals surface area contributed by atoms with Crippen molar-refractivity contribution in [2.75, 3.05) is 0 Å². The van der Waals surface area contributed by atoms with Gasteiger partial charge in [0.05, 0.1) is 0 Å². The van der Waals surface area contributed by atoms with Crippen LogP contribution in [-0.4, -0.2) is 39.6 Å². The van der Waals surface area contributed by atoms with Crippen molar-refractivity contribution in [2.24, 2.45) is 0 Å². The molecule has 2 rings (SSSR count). The summed E-state index contributed by atoms with van der Waals surface area (Å²) >= 11 is 0. The van der Waals surface area contributed by atoms with Gasteiger partial charge in [-0.1, -0.05) is 115 Å². The maximum atomic E-state index is 10.7. The normalized spacial score (nSPS) is 11.1. The molecular weight excluding hydrogens is 526 g/mol. The smallest absolute Gasteiger partial charge is 0.324 e. The van der Waals surface area contributed by atoms with E-state index in [4.69, 9.17) is 29.4 Å². The highest BCUT2D eigenvalue weighted by molar-refractivity contribution is 7.38. The highest BCUT2D eigenvalue weighted by Crippen LogP contribution is 2.42. The summed E-state index contributed by atoms with van der Waals surface area (Å²) in [5.41, 5.74) is 2.54. The van der Waals surface area contributed by atoms with Crippen LogP contribution in [0.2, 0.25) is 0 Å². The number of unbranched alkanes of at least 4 members (excludes halogenated alkanes) is 10. The molecule has 0 aliphatic rings. The molecule has 0 heterocycles. The molecule has 0 fully saturated rings. The Balaban J connectivity index is 0.00000150. The summed E-state index contributed by atoms with van der Waals surface area (Å²) in [6.07, 6.45) is 15.6. The van der Waals surface area contributed by atoms with E-state index in [9.17, 15) is 10.2 Å². The SMILES string of the molecule is CCCCCCCCCCCCCc1cccc(O)c1C(C)(C)c1ccccc1O.OP(O)O.OP(O)O. The lowest BCUT2D eigenvalue weighted by Crippen LogP contribution is -2.21. The predicted molar refractivity (Wildman–Crippen MR) is 156 cm³/mol. The summed E-state index contributed by atoms with van der Waals surface area (Å²) in [5.74, 6) is 0.607. The molecule has 8 N–H and O–H groups in total. The van der Waals surface area contributed by atoms with Gasteiger partial charge in [0, 0.05) is 16.5 Å². The van der Waals surface area contributed by atoms with Gasteiger partial charge < -0.3 is 39.6 Å². The van der Waals surface area contributed by atoms with Crippen molar-refractivity contribution < 1.29 is 39.6 Å². The van der Waals surface area contributed by atoms with E-state index in [0.29, 0.717) is 5.75 Å². The minimum absolute atomic E-state index is 0.284. The number of hydrogen-bond acceptors (Lipinski definition) is 8. The third-order valence-electron chi connectivity index (χ3n) is 6.38. The zero-order valence-corrected chi connectivity index (χ0v) is 24.8. The van der Waals surface area contributed by atoms with Gasteiger partial charge in [0.25, 0.3) is 0 Å². The minimum Gasteiger partial charge on any atom is -0.508 e. The Hall–Kier alpha value is -1.34. The van der Waals surface area contributed by atoms with Crippen molar-refractivity contribution in [3.63, 3.8) is 0 Å². The molecule has 8 nitrogen and oxygen atoms in total. The third kappa shape index (κ3) is 16.6. The number of benzene rings is 2. The van der Waals surface area contributed by atoms with Crippen molar-refractivity contribution in [1.29, 1.82) is 0 Å². The lowest BCUT2D eigenvalue weighted by atomic mass is 9.74. The second-order valence-electron chi connectivity index (χ2n) is 9.78. The second-order valence-corrected chi connectivity index (χ2v) is 10.8. The quantitative estimate of drug-likeness (QED) is 0.0918. The van der Waals surface area contributed by atoms with Crippen LogP contribution < -0.4 is 0 Å². The molecule has 2 aromatic carbocycles. The molecule has 0 aromatic heterocycles. The molecule has 38 heavy (non-hydrogen) atoms. The fourth-order valence-electron chi connectivity index (χ4n) is 4.63. The highest BCUT2D eigenvalue weighted by atomic mass is 31.2. The van der Waals surface area contributed by atoms with Crippen molar-refractivity contribution in [3.05, 3.63) is 59.2 Å². The lowest BCUT2D eigenvalue weighted by molar-refractivity contribution is 0.366. The first-order valence-corrected chi connectivity index (χ1v) is 15.7. The summed E-state index contributed by atoms with van der Waals surface area (Å²) in [5, 5.41) is 21.1. The Morgan fingerprint density at radius 3 is 1.47 bits per heavy atom. The van der Waals surface area contributed by atoms with Gasteiger partial charge in [-0.3, -0.25) is 0 Å². The van der Waals surface area contributed by atoms with Gasteiger partial charge >= 0.3 is 17.2 Å². The van der Waals surface area contributed by atoms with E-state index in [0.717, 1.165) is 24.0 Å². The first kappa shape index (κ1) is 36.7. The number of aryl methyl sites for hydroxylation is 1. The largest absolute Gasteiger partial charge is 0.508 e. The maximum Gasteiger partial charge on any atom is 0.324 e. The van der Waals surface area contributed by atoms with E-state index in [1.54, 1.807) is 12.1 Å². The van der Waals surface area contributed by atoms with Gasteiger partial charge in [0.2, 0.25) is 0 Å². The molecule has 10 heteroatoms. The van der Waals surface area contributed by atoms with Crippen molar-refractivity contribution in [2.45, 2.75) is 103 Å². The van der Waals surface area contributed by atoms with E-state index >= 15 is 0 Å².